The number of nitrogens with zero attached hydrogens (tertiary/aromatic N) is 1. The molecule has 2 aromatic rings. The van der Waals surface area contributed by atoms with Gasteiger partial charge < -0.3 is 14.6 Å². The van der Waals surface area contributed by atoms with E-state index in [0.717, 1.165) is 26.1 Å². The van der Waals surface area contributed by atoms with Crippen LogP contribution in [0.15, 0.2) is 39.5 Å². The van der Waals surface area contributed by atoms with Gasteiger partial charge in [-0.1, -0.05) is 18.6 Å². The smallest absolute Gasteiger partial charge is 0.287 e. The zero-order valence-electron chi connectivity index (χ0n) is 13.2. The van der Waals surface area contributed by atoms with Gasteiger partial charge in [0.2, 0.25) is 0 Å². The Hall–Kier alpha value is -2.14. The van der Waals surface area contributed by atoms with Crippen molar-refractivity contribution in [1.82, 2.24) is 10.2 Å². The molecule has 2 heterocycles. The van der Waals surface area contributed by atoms with E-state index in [2.05, 4.69) is 10.2 Å². The lowest BCUT2D eigenvalue weighted by atomic mass is 10.1. The second kappa shape index (κ2) is 7.42. The molecular weight excluding hydrogens is 292 g/mol. The third-order valence-corrected chi connectivity index (χ3v) is 4.24. The van der Waals surface area contributed by atoms with Gasteiger partial charge in [-0.2, -0.15) is 0 Å². The normalized spacial score (nSPS) is 15.7. The average Bonchev–Trinajstić information content (AvgIpc) is 2.59. The minimum atomic E-state index is -0.327. The number of carbonyl (C=O) groups excluding carboxylic acids is 1. The fourth-order valence-electron chi connectivity index (χ4n) is 2.99. The van der Waals surface area contributed by atoms with Crippen LogP contribution < -0.4 is 10.7 Å². The Balaban J connectivity index is 1.55. The minimum absolute atomic E-state index is 0.0756. The largest absolute Gasteiger partial charge is 0.451 e. The monoisotopic (exact) mass is 314 g/mol. The van der Waals surface area contributed by atoms with Crippen LogP contribution in [0.25, 0.3) is 11.0 Å². The van der Waals surface area contributed by atoms with Crippen molar-refractivity contribution in [3.05, 3.63) is 46.3 Å². The Morgan fingerprint density at radius 3 is 2.78 bits per heavy atom. The summed E-state index contributed by atoms with van der Waals surface area (Å²) in [6.07, 6.45) is 4.78. The number of carbonyl (C=O) groups is 1. The molecule has 0 aliphatic carbocycles. The molecule has 0 atom stereocenters. The number of nitrogens with one attached hydrogen (secondary N) is 1. The maximum absolute atomic E-state index is 12.1. The second-order valence-corrected chi connectivity index (χ2v) is 5.98. The minimum Gasteiger partial charge on any atom is -0.451 e. The average molecular weight is 314 g/mol. The van der Waals surface area contributed by atoms with Crippen LogP contribution in [0.2, 0.25) is 0 Å². The summed E-state index contributed by atoms with van der Waals surface area (Å²) < 4.78 is 5.53. The molecular formula is C18H22N2O3. The SMILES string of the molecule is O=C(NCCCN1CCCCC1)c1cc(=O)c2ccccc2o1. The molecule has 1 fully saturated rings. The topological polar surface area (TPSA) is 62.6 Å². The van der Waals surface area contributed by atoms with Crippen molar-refractivity contribution in [2.45, 2.75) is 25.7 Å². The fraction of sp³-hybridized carbons (Fsp3) is 0.444. The third kappa shape index (κ3) is 3.99. The summed E-state index contributed by atoms with van der Waals surface area (Å²) in [5.41, 5.74) is 0.254. The van der Waals surface area contributed by atoms with Crippen molar-refractivity contribution in [2.75, 3.05) is 26.2 Å². The van der Waals surface area contributed by atoms with E-state index in [9.17, 15) is 9.59 Å². The molecule has 1 aliphatic heterocycles. The van der Waals surface area contributed by atoms with Gasteiger partial charge in [0.25, 0.3) is 5.91 Å². The van der Waals surface area contributed by atoms with Crippen LogP contribution in [-0.2, 0) is 0 Å². The van der Waals surface area contributed by atoms with E-state index in [0.29, 0.717) is 17.5 Å². The number of amides is 1. The molecule has 1 aromatic heterocycles. The lowest BCUT2D eigenvalue weighted by molar-refractivity contribution is 0.0924. The predicted octanol–water partition coefficient (Wildman–Crippen LogP) is 2.40. The van der Waals surface area contributed by atoms with Gasteiger partial charge >= 0.3 is 0 Å². The quantitative estimate of drug-likeness (QED) is 0.861. The van der Waals surface area contributed by atoms with Crippen molar-refractivity contribution in [3.63, 3.8) is 0 Å². The van der Waals surface area contributed by atoms with Crippen molar-refractivity contribution in [2.24, 2.45) is 0 Å². The summed E-state index contributed by atoms with van der Waals surface area (Å²) in [4.78, 5) is 26.6. The Kier molecular flexibility index (Phi) is 5.08. The summed E-state index contributed by atoms with van der Waals surface area (Å²) in [5.74, 6) is -0.252. The number of para-hydroxylation sites is 1. The second-order valence-electron chi connectivity index (χ2n) is 5.98. The molecule has 1 N–H and O–H groups in total. The van der Waals surface area contributed by atoms with Crippen molar-refractivity contribution in [1.29, 1.82) is 0 Å². The Morgan fingerprint density at radius 2 is 1.96 bits per heavy atom. The number of hydrogen-bond donors (Lipinski definition) is 1. The third-order valence-electron chi connectivity index (χ3n) is 4.24. The molecule has 1 amide bonds. The molecule has 1 aliphatic rings. The molecule has 0 saturated carbocycles. The number of benzene rings is 1. The Bertz CT molecular complexity index is 732. The van der Waals surface area contributed by atoms with Gasteiger partial charge in [0.05, 0.1) is 5.39 Å². The van der Waals surface area contributed by atoms with Crippen LogP contribution in [0.1, 0.15) is 36.2 Å². The van der Waals surface area contributed by atoms with Crippen LogP contribution in [0.4, 0.5) is 0 Å². The number of fused-ring (bicyclic) bond motifs is 1. The van der Waals surface area contributed by atoms with Gasteiger partial charge in [-0.05, 0) is 51.0 Å². The van der Waals surface area contributed by atoms with E-state index in [1.807, 2.05) is 0 Å². The van der Waals surface area contributed by atoms with Gasteiger partial charge in [-0.3, -0.25) is 9.59 Å². The van der Waals surface area contributed by atoms with Crippen molar-refractivity contribution < 1.29 is 9.21 Å². The maximum atomic E-state index is 12.1. The maximum Gasteiger partial charge on any atom is 0.287 e. The highest BCUT2D eigenvalue weighted by Crippen LogP contribution is 2.11. The van der Waals surface area contributed by atoms with E-state index in [4.69, 9.17) is 4.42 Å². The molecule has 0 bridgehead atoms. The van der Waals surface area contributed by atoms with Crippen LogP contribution >= 0.6 is 0 Å². The number of rotatable bonds is 5. The van der Waals surface area contributed by atoms with Crippen LogP contribution in [-0.4, -0.2) is 37.0 Å². The highest BCUT2D eigenvalue weighted by molar-refractivity contribution is 5.93. The summed E-state index contributed by atoms with van der Waals surface area (Å²) in [6, 6.07) is 8.22. The molecule has 122 valence electrons. The van der Waals surface area contributed by atoms with Crippen LogP contribution in [0, 0.1) is 0 Å². The van der Waals surface area contributed by atoms with Crippen LogP contribution in [0.5, 0.6) is 0 Å². The molecule has 1 aromatic carbocycles. The standard InChI is InChI=1S/C18H22N2O3/c21-15-13-17(23-16-8-3-2-7-14(15)16)18(22)19-9-6-12-20-10-4-1-5-11-20/h2-3,7-8,13H,1,4-6,9-12H2,(H,19,22). The molecule has 0 unspecified atom stereocenters. The first-order valence-corrected chi connectivity index (χ1v) is 8.27. The number of hydrogen-bond acceptors (Lipinski definition) is 4. The zero-order valence-corrected chi connectivity index (χ0v) is 13.2. The Labute approximate surface area is 135 Å². The highest BCUT2D eigenvalue weighted by Gasteiger charge is 2.12. The van der Waals surface area contributed by atoms with Gasteiger partial charge in [0, 0.05) is 12.6 Å². The first-order chi connectivity index (χ1) is 11.2. The molecule has 5 nitrogen and oxygen atoms in total. The summed E-state index contributed by atoms with van der Waals surface area (Å²) in [7, 11) is 0. The lowest BCUT2D eigenvalue weighted by Crippen LogP contribution is -2.33. The van der Waals surface area contributed by atoms with Gasteiger partial charge in [0.15, 0.2) is 11.2 Å². The van der Waals surface area contributed by atoms with Crippen molar-refractivity contribution in [3.8, 4) is 0 Å². The van der Waals surface area contributed by atoms with E-state index in [1.165, 1.54) is 25.3 Å². The van der Waals surface area contributed by atoms with Crippen molar-refractivity contribution >= 4 is 16.9 Å². The highest BCUT2D eigenvalue weighted by atomic mass is 16.3. The lowest BCUT2D eigenvalue weighted by Gasteiger charge is -2.26. The fourth-order valence-corrected chi connectivity index (χ4v) is 2.99. The predicted molar refractivity (Wildman–Crippen MR) is 89.7 cm³/mol. The Morgan fingerprint density at radius 1 is 1.17 bits per heavy atom. The molecule has 0 spiro atoms. The van der Waals surface area contributed by atoms with E-state index in [-0.39, 0.29) is 17.1 Å². The van der Waals surface area contributed by atoms with Gasteiger partial charge in [0.1, 0.15) is 5.58 Å². The number of likely N-dealkylation sites (tertiary alicyclic amines) is 1. The first-order valence-electron chi connectivity index (χ1n) is 8.27. The molecule has 0 radical (unpaired) electrons. The first kappa shape index (κ1) is 15.7. The molecule has 5 heteroatoms. The molecule has 3 rings (SSSR count). The van der Waals surface area contributed by atoms with Gasteiger partial charge in [-0.15, -0.1) is 0 Å². The number of piperidine rings is 1. The summed E-state index contributed by atoms with van der Waals surface area (Å²) in [5, 5.41) is 3.33. The summed E-state index contributed by atoms with van der Waals surface area (Å²) >= 11 is 0. The molecule has 23 heavy (non-hydrogen) atoms. The van der Waals surface area contributed by atoms with E-state index >= 15 is 0 Å². The molecule has 1 saturated heterocycles. The van der Waals surface area contributed by atoms with E-state index < -0.39 is 0 Å². The zero-order chi connectivity index (χ0) is 16.1. The summed E-state index contributed by atoms with van der Waals surface area (Å²) in [6.45, 7) is 3.91. The van der Waals surface area contributed by atoms with E-state index in [1.54, 1.807) is 24.3 Å². The van der Waals surface area contributed by atoms with Gasteiger partial charge in [-0.25, -0.2) is 0 Å². The van der Waals surface area contributed by atoms with Crippen LogP contribution in [0.3, 0.4) is 0 Å².